The summed E-state index contributed by atoms with van der Waals surface area (Å²) in [7, 11) is 1.65. The average Bonchev–Trinajstić information content (AvgIpc) is 2.38. The van der Waals surface area contributed by atoms with Crippen molar-refractivity contribution in [1.29, 1.82) is 0 Å². The Morgan fingerprint density at radius 1 is 1.26 bits per heavy atom. The van der Waals surface area contributed by atoms with Gasteiger partial charge in [-0.15, -0.1) is 0 Å². The smallest absolute Gasteiger partial charge is 0.165 e. The van der Waals surface area contributed by atoms with Gasteiger partial charge in [-0.05, 0) is 19.4 Å². The number of benzene rings is 1. The van der Waals surface area contributed by atoms with Gasteiger partial charge >= 0.3 is 0 Å². The van der Waals surface area contributed by atoms with Crippen LogP contribution < -0.4 is 5.43 Å². The third kappa shape index (κ3) is 3.68. The highest BCUT2D eigenvalue weighted by Crippen LogP contribution is 2.25. The Morgan fingerprint density at radius 3 is 2.32 bits per heavy atom. The van der Waals surface area contributed by atoms with Gasteiger partial charge in [-0.1, -0.05) is 37.3 Å². The highest BCUT2D eigenvalue weighted by atomic mass is 16.3. The van der Waals surface area contributed by atoms with Crippen LogP contribution >= 0.6 is 0 Å². The number of ketones is 1. The molecule has 0 aromatic heterocycles. The minimum atomic E-state index is -0.248. The zero-order chi connectivity index (χ0) is 14.4. The van der Waals surface area contributed by atoms with Crippen molar-refractivity contribution in [2.75, 3.05) is 7.05 Å². The number of aliphatic hydroxyl groups excluding tert-OH is 1. The van der Waals surface area contributed by atoms with E-state index in [1.165, 1.54) is 6.92 Å². The third-order valence-electron chi connectivity index (χ3n) is 2.96. The molecule has 19 heavy (non-hydrogen) atoms. The second-order valence-corrected chi connectivity index (χ2v) is 4.37. The van der Waals surface area contributed by atoms with E-state index in [1.807, 2.05) is 37.3 Å². The first-order valence-electron chi connectivity index (χ1n) is 6.19. The number of Topliss-reactive ketones (excluding diaryl/α,β-unsaturated/α-hetero) is 1. The van der Waals surface area contributed by atoms with Crippen LogP contribution in [-0.4, -0.2) is 23.6 Å². The van der Waals surface area contributed by atoms with Gasteiger partial charge in [0.25, 0.3) is 0 Å². The van der Waals surface area contributed by atoms with Crippen LogP contribution in [0.1, 0.15) is 32.3 Å². The van der Waals surface area contributed by atoms with Gasteiger partial charge in [0, 0.05) is 13.0 Å². The summed E-state index contributed by atoms with van der Waals surface area (Å²) in [6.45, 7) is 4.99. The van der Waals surface area contributed by atoms with Gasteiger partial charge in [-0.2, -0.15) is 5.10 Å². The van der Waals surface area contributed by atoms with Crippen molar-refractivity contribution < 1.29 is 9.90 Å². The van der Waals surface area contributed by atoms with Crippen molar-refractivity contribution in [3.63, 3.8) is 0 Å². The summed E-state index contributed by atoms with van der Waals surface area (Å²) < 4.78 is 0. The first kappa shape index (κ1) is 15.0. The zero-order valence-electron chi connectivity index (χ0n) is 11.8. The molecule has 0 spiro atoms. The Morgan fingerprint density at radius 2 is 1.84 bits per heavy atom. The molecule has 0 heterocycles. The third-order valence-corrected chi connectivity index (χ3v) is 2.96. The Labute approximate surface area is 113 Å². The molecule has 1 atom stereocenters. The molecular weight excluding hydrogens is 240 g/mol. The minimum absolute atomic E-state index is 0.0511. The Hall–Kier alpha value is -2.10. The molecule has 102 valence electrons. The van der Waals surface area contributed by atoms with Gasteiger partial charge in [0.1, 0.15) is 5.76 Å². The molecule has 0 bridgehead atoms. The van der Waals surface area contributed by atoms with E-state index in [0.717, 1.165) is 5.56 Å². The molecule has 1 rings (SSSR count). The maximum Gasteiger partial charge on any atom is 0.165 e. The van der Waals surface area contributed by atoms with E-state index < -0.39 is 0 Å². The number of hydrazone groups is 1. The summed E-state index contributed by atoms with van der Waals surface area (Å²) in [5.41, 5.74) is 4.33. The summed E-state index contributed by atoms with van der Waals surface area (Å²) in [5, 5.41) is 14.3. The number of aliphatic hydroxyl groups is 1. The molecule has 0 aliphatic carbocycles. The molecule has 0 aliphatic rings. The number of carbonyl (C=O) groups is 1. The molecule has 2 N–H and O–H groups in total. The second-order valence-electron chi connectivity index (χ2n) is 4.37. The molecule has 0 aliphatic heterocycles. The van der Waals surface area contributed by atoms with Crippen molar-refractivity contribution in [3.05, 3.63) is 47.2 Å². The number of hydrogen-bond acceptors (Lipinski definition) is 4. The Kier molecular flexibility index (Phi) is 5.30. The molecule has 0 fully saturated rings. The average molecular weight is 260 g/mol. The van der Waals surface area contributed by atoms with Crippen molar-refractivity contribution in [3.8, 4) is 0 Å². The number of hydrogen-bond donors (Lipinski definition) is 2. The molecular formula is C15H20N2O2. The van der Waals surface area contributed by atoms with Crippen molar-refractivity contribution in [2.45, 2.75) is 26.7 Å². The monoisotopic (exact) mass is 260 g/mol. The molecule has 0 amide bonds. The molecule has 0 radical (unpaired) electrons. The van der Waals surface area contributed by atoms with E-state index in [-0.39, 0.29) is 23.0 Å². The number of rotatable bonds is 5. The lowest BCUT2D eigenvalue weighted by Gasteiger charge is -2.15. The lowest BCUT2D eigenvalue weighted by atomic mass is 9.93. The van der Waals surface area contributed by atoms with Crippen LogP contribution in [0.4, 0.5) is 0 Å². The summed E-state index contributed by atoms with van der Waals surface area (Å²) in [4.78, 5) is 11.7. The van der Waals surface area contributed by atoms with E-state index >= 15 is 0 Å². The maximum atomic E-state index is 11.7. The number of allylic oxidation sites excluding steroid dienone is 2. The normalized spacial score (nSPS) is 14.6. The van der Waals surface area contributed by atoms with Crippen LogP contribution in [0.5, 0.6) is 0 Å². The van der Waals surface area contributed by atoms with Gasteiger partial charge in [-0.25, -0.2) is 0 Å². The van der Waals surface area contributed by atoms with Crippen LogP contribution in [0.3, 0.4) is 0 Å². The van der Waals surface area contributed by atoms with Gasteiger partial charge in [0.05, 0.1) is 11.3 Å². The minimum Gasteiger partial charge on any atom is -0.511 e. The predicted octanol–water partition coefficient (Wildman–Crippen LogP) is 2.79. The van der Waals surface area contributed by atoms with Gasteiger partial charge in [-0.3, -0.25) is 4.79 Å². The van der Waals surface area contributed by atoms with Crippen molar-refractivity contribution in [1.82, 2.24) is 5.43 Å². The Bertz CT molecular complexity index is 504. The number of nitrogens with one attached hydrogen (secondary N) is 1. The van der Waals surface area contributed by atoms with Crippen molar-refractivity contribution in [2.24, 2.45) is 5.10 Å². The quantitative estimate of drug-likeness (QED) is 0.370. The summed E-state index contributed by atoms with van der Waals surface area (Å²) in [6.07, 6.45) is 0. The zero-order valence-corrected chi connectivity index (χ0v) is 11.8. The number of carbonyl (C=O) groups excluding carboxylic acids is 1. The molecule has 4 nitrogen and oxygen atoms in total. The van der Waals surface area contributed by atoms with E-state index in [0.29, 0.717) is 5.71 Å². The molecule has 1 unspecified atom stereocenters. The standard InChI is InChI=1S/C15H20N2O2/c1-10(13-8-6-5-7-9-13)15(19)14(12(3)18)11(2)17-16-4/h5-10,16,19H,1-4H3/b15-14-,17-11-. The predicted molar refractivity (Wildman–Crippen MR) is 77.4 cm³/mol. The van der Waals surface area contributed by atoms with Crippen LogP contribution in [0.2, 0.25) is 0 Å². The maximum absolute atomic E-state index is 11.7. The molecule has 1 aromatic rings. The van der Waals surface area contributed by atoms with Crippen LogP contribution in [0.25, 0.3) is 0 Å². The molecule has 1 aromatic carbocycles. The summed E-state index contributed by atoms with van der Waals surface area (Å²) in [6, 6.07) is 9.56. The van der Waals surface area contributed by atoms with E-state index in [1.54, 1.807) is 14.0 Å². The molecule has 0 saturated heterocycles. The second kappa shape index (κ2) is 6.73. The fraction of sp³-hybridized carbons (Fsp3) is 0.333. The van der Waals surface area contributed by atoms with Crippen LogP contribution in [0, 0.1) is 0 Å². The summed E-state index contributed by atoms with van der Waals surface area (Å²) in [5.74, 6) is -0.394. The largest absolute Gasteiger partial charge is 0.511 e. The first-order chi connectivity index (χ1) is 8.99. The number of nitrogens with zero attached hydrogens (tertiary/aromatic N) is 1. The fourth-order valence-electron chi connectivity index (χ4n) is 1.96. The van der Waals surface area contributed by atoms with Gasteiger partial charge in [0.15, 0.2) is 5.78 Å². The topological polar surface area (TPSA) is 61.7 Å². The van der Waals surface area contributed by atoms with E-state index in [2.05, 4.69) is 10.5 Å². The first-order valence-corrected chi connectivity index (χ1v) is 6.19. The molecule has 4 heteroatoms. The lowest BCUT2D eigenvalue weighted by molar-refractivity contribution is -0.113. The lowest BCUT2D eigenvalue weighted by Crippen LogP contribution is -2.16. The van der Waals surface area contributed by atoms with Crippen molar-refractivity contribution >= 4 is 11.5 Å². The van der Waals surface area contributed by atoms with Gasteiger partial charge in [0.2, 0.25) is 0 Å². The highest BCUT2D eigenvalue weighted by Gasteiger charge is 2.20. The fourth-order valence-corrected chi connectivity index (χ4v) is 1.96. The van der Waals surface area contributed by atoms with Crippen LogP contribution in [0.15, 0.2) is 46.8 Å². The highest BCUT2D eigenvalue weighted by molar-refractivity contribution is 6.21. The van der Waals surface area contributed by atoms with E-state index in [4.69, 9.17) is 0 Å². The summed E-state index contributed by atoms with van der Waals surface area (Å²) >= 11 is 0. The van der Waals surface area contributed by atoms with Gasteiger partial charge < -0.3 is 10.5 Å². The van der Waals surface area contributed by atoms with E-state index in [9.17, 15) is 9.90 Å². The van der Waals surface area contributed by atoms with Crippen LogP contribution in [-0.2, 0) is 4.79 Å². The SMILES string of the molecule is CN/N=C(C)\C(C(C)=O)=C(\O)C(C)c1ccccc1. The molecule has 0 saturated carbocycles. The Balaban J connectivity index is 3.23.